The van der Waals surface area contributed by atoms with E-state index in [0.717, 1.165) is 11.8 Å². The SMILES string of the molecule is CS(=O)(=O)NC1CCN(C(=O)CCc2nc(-c3ccccc3)no2)CC1. The van der Waals surface area contributed by atoms with Crippen molar-refractivity contribution in [1.29, 1.82) is 0 Å². The van der Waals surface area contributed by atoms with Crippen molar-refractivity contribution in [2.45, 2.75) is 31.7 Å². The third kappa shape index (κ3) is 5.12. The zero-order valence-corrected chi connectivity index (χ0v) is 15.4. The number of rotatable bonds is 6. The van der Waals surface area contributed by atoms with Gasteiger partial charge in [0, 0.05) is 37.5 Å². The van der Waals surface area contributed by atoms with Crippen LogP contribution in [0.15, 0.2) is 34.9 Å². The van der Waals surface area contributed by atoms with Crippen LogP contribution in [-0.4, -0.2) is 54.8 Å². The Bertz CT molecular complexity index is 843. The van der Waals surface area contributed by atoms with E-state index >= 15 is 0 Å². The van der Waals surface area contributed by atoms with E-state index in [1.54, 1.807) is 4.90 Å². The number of carbonyl (C=O) groups excluding carboxylic acids is 1. The Morgan fingerprint density at radius 2 is 1.96 bits per heavy atom. The summed E-state index contributed by atoms with van der Waals surface area (Å²) in [5.41, 5.74) is 0.870. The maximum Gasteiger partial charge on any atom is 0.227 e. The largest absolute Gasteiger partial charge is 0.343 e. The van der Waals surface area contributed by atoms with Gasteiger partial charge in [-0.2, -0.15) is 4.98 Å². The van der Waals surface area contributed by atoms with Gasteiger partial charge >= 0.3 is 0 Å². The van der Waals surface area contributed by atoms with Crippen molar-refractivity contribution in [3.63, 3.8) is 0 Å². The third-order valence-electron chi connectivity index (χ3n) is 4.28. The number of nitrogens with zero attached hydrogens (tertiary/aromatic N) is 3. The van der Waals surface area contributed by atoms with Crippen molar-refractivity contribution in [2.24, 2.45) is 0 Å². The van der Waals surface area contributed by atoms with Crippen LogP contribution < -0.4 is 4.72 Å². The predicted octanol–water partition coefficient (Wildman–Crippen LogP) is 1.21. The highest BCUT2D eigenvalue weighted by Gasteiger charge is 2.24. The van der Waals surface area contributed by atoms with Crippen molar-refractivity contribution in [3.8, 4) is 11.4 Å². The quantitative estimate of drug-likeness (QED) is 0.810. The van der Waals surface area contributed by atoms with E-state index in [4.69, 9.17) is 4.52 Å². The van der Waals surface area contributed by atoms with Crippen molar-refractivity contribution >= 4 is 15.9 Å². The molecule has 0 bridgehead atoms. The molecule has 1 amide bonds. The average Bonchev–Trinajstić information content (AvgIpc) is 3.09. The molecule has 0 radical (unpaired) electrons. The first-order chi connectivity index (χ1) is 12.4. The first kappa shape index (κ1) is 18.5. The lowest BCUT2D eigenvalue weighted by Crippen LogP contribution is -2.46. The monoisotopic (exact) mass is 378 g/mol. The number of benzene rings is 1. The van der Waals surface area contributed by atoms with Crippen LogP contribution in [-0.2, 0) is 21.2 Å². The fourth-order valence-electron chi connectivity index (χ4n) is 2.98. The molecule has 3 rings (SSSR count). The van der Waals surface area contributed by atoms with Gasteiger partial charge in [0.1, 0.15) is 0 Å². The lowest BCUT2D eigenvalue weighted by Gasteiger charge is -2.32. The molecule has 1 saturated heterocycles. The summed E-state index contributed by atoms with van der Waals surface area (Å²) in [7, 11) is -3.21. The highest BCUT2D eigenvalue weighted by Crippen LogP contribution is 2.16. The maximum absolute atomic E-state index is 12.3. The summed E-state index contributed by atoms with van der Waals surface area (Å²) in [4.78, 5) is 18.4. The molecule has 1 aromatic heterocycles. The molecule has 0 unspecified atom stereocenters. The second-order valence-corrected chi connectivity index (χ2v) is 8.20. The van der Waals surface area contributed by atoms with Gasteiger partial charge in [0.15, 0.2) is 0 Å². The number of piperidine rings is 1. The van der Waals surface area contributed by atoms with E-state index in [-0.39, 0.29) is 11.9 Å². The molecule has 1 fully saturated rings. The molecule has 1 N–H and O–H groups in total. The molecule has 0 atom stereocenters. The van der Waals surface area contributed by atoms with Gasteiger partial charge in [-0.05, 0) is 12.8 Å². The lowest BCUT2D eigenvalue weighted by molar-refractivity contribution is -0.132. The number of sulfonamides is 1. The zero-order chi connectivity index (χ0) is 18.6. The summed E-state index contributed by atoms with van der Waals surface area (Å²) in [6, 6.07) is 9.41. The number of likely N-dealkylation sites (tertiary alicyclic amines) is 1. The number of carbonyl (C=O) groups is 1. The minimum Gasteiger partial charge on any atom is -0.343 e. The molecular formula is C17H22N4O4S. The van der Waals surface area contributed by atoms with E-state index in [1.165, 1.54) is 0 Å². The van der Waals surface area contributed by atoms with Gasteiger partial charge in [0.25, 0.3) is 0 Å². The van der Waals surface area contributed by atoms with Crippen molar-refractivity contribution < 1.29 is 17.7 Å². The average molecular weight is 378 g/mol. The fraction of sp³-hybridized carbons (Fsp3) is 0.471. The fourth-order valence-corrected chi connectivity index (χ4v) is 3.82. The molecule has 140 valence electrons. The minimum absolute atomic E-state index is 0.0160. The summed E-state index contributed by atoms with van der Waals surface area (Å²) in [5, 5.41) is 3.94. The van der Waals surface area contributed by atoms with Gasteiger partial charge in [0.2, 0.25) is 27.6 Å². The summed E-state index contributed by atoms with van der Waals surface area (Å²) in [5.74, 6) is 0.966. The Balaban J connectivity index is 1.47. The van der Waals surface area contributed by atoms with Crippen LogP contribution in [0.4, 0.5) is 0 Å². The van der Waals surface area contributed by atoms with Gasteiger partial charge in [-0.1, -0.05) is 35.5 Å². The molecule has 0 saturated carbocycles. The molecule has 26 heavy (non-hydrogen) atoms. The van der Waals surface area contributed by atoms with Crippen LogP contribution in [0.2, 0.25) is 0 Å². The second-order valence-electron chi connectivity index (χ2n) is 6.42. The van der Waals surface area contributed by atoms with Gasteiger partial charge in [0.05, 0.1) is 6.26 Å². The minimum atomic E-state index is -3.21. The number of amides is 1. The van der Waals surface area contributed by atoms with E-state index in [2.05, 4.69) is 14.9 Å². The van der Waals surface area contributed by atoms with Crippen molar-refractivity contribution in [3.05, 3.63) is 36.2 Å². The van der Waals surface area contributed by atoms with Crippen LogP contribution in [0.3, 0.4) is 0 Å². The van der Waals surface area contributed by atoms with Crippen molar-refractivity contribution in [1.82, 2.24) is 19.8 Å². The van der Waals surface area contributed by atoms with Gasteiger partial charge < -0.3 is 9.42 Å². The standard InChI is InChI=1S/C17H22N4O4S/c1-26(23,24)20-14-9-11-21(12-10-14)16(22)8-7-15-18-17(19-25-15)13-5-3-2-4-6-13/h2-6,14,20H,7-12H2,1H3. The Labute approximate surface area is 152 Å². The smallest absolute Gasteiger partial charge is 0.227 e. The van der Waals surface area contributed by atoms with Gasteiger partial charge in [-0.15, -0.1) is 0 Å². The molecule has 1 aromatic carbocycles. The summed E-state index contributed by atoms with van der Waals surface area (Å²) in [6.07, 6.45) is 3.08. The molecule has 1 aliphatic heterocycles. The van der Waals surface area contributed by atoms with E-state index in [0.29, 0.717) is 50.5 Å². The normalized spacial score (nSPS) is 16.0. The Morgan fingerprint density at radius 3 is 2.62 bits per heavy atom. The first-order valence-electron chi connectivity index (χ1n) is 8.54. The lowest BCUT2D eigenvalue weighted by atomic mass is 10.1. The van der Waals surface area contributed by atoms with E-state index in [9.17, 15) is 13.2 Å². The highest BCUT2D eigenvalue weighted by molar-refractivity contribution is 7.88. The van der Waals surface area contributed by atoms with Crippen LogP contribution in [0.1, 0.15) is 25.2 Å². The van der Waals surface area contributed by atoms with Gasteiger partial charge in [-0.25, -0.2) is 13.1 Å². The number of aryl methyl sites for hydroxylation is 1. The van der Waals surface area contributed by atoms with E-state index < -0.39 is 10.0 Å². The molecule has 9 heteroatoms. The van der Waals surface area contributed by atoms with E-state index in [1.807, 2.05) is 30.3 Å². The maximum atomic E-state index is 12.3. The third-order valence-corrected chi connectivity index (χ3v) is 5.04. The number of hydrogen-bond donors (Lipinski definition) is 1. The molecular weight excluding hydrogens is 356 g/mol. The first-order valence-corrected chi connectivity index (χ1v) is 10.4. The number of aromatic nitrogens is 2. The summed E-state index contributed by atoms with van der Waals surface area (Å²) >= 11 is 0. The molecule has 1 aliphatic rings. The van der Waals surface area contributed by atoms with Gasteiger partial charge in [-0.3, -0.25) is 4.79 Å². The van der Waals surface area contributed by atoms with Crippen molar-refractivity contribution in [2.75, 3.05) is 19.3 Å². The highest BCUT2D eigenvalue weighted by atomic mass is 32.2. The molecule has 0 spiro atoms. The van der Waals surface area contributed by atoms with Crippen LogP contribution in [0.25, 0.3) is 11.4 Å². The topological polar surface area (TPSA) is 105 Å². The van der Waals surface area contributed by atoms with Crippen LogP contribution in [0.5, 0.6) is 0 Å². The zero-order valence-electron chi connectivity index (χ0n) is 14.6. The number of nitrogens with one attached hydrogen (secondary N) is 1. The number of hydrogen-bond acceptors (Lipinski definition) is 6. The molecule has 2 heterocycles. The summed E-state index contributed by atoms with van der Waals surface area (Å²) in [6.45, 7) is 1.09. The Morgan fingerprint density at radius 1 is 1.27 bits per heavy atom. The van der Waals surface area contributed by atoms with Crippen LogP contribution in [0, 0.1) is 0 Å². The second kappa shape index (κ2) is 7.96. The predicted molar refractivity (Wildman–Crippen MR) is 95.6 cm³/mol. The Hall–Kier alpha value is -2.26. The summed E-state index contributed by atoms with van der Waals surface area (Å²) < 4.78 is 30.3. The molecule has 8 nitrogen and oxygen atoms in total. The molecule has 2 aromatic rings. The van der Waals surface area contributed by atoms with Crippen LogP contribution >= 0.6 is 0 Å². The Kier molecular flexibility index (Phi) is 5.67. The molecule has 0 aliphatic carbocycles.